The number of benzene rings is 2. The Labute approximate surface area is 97.3 Å². The summed E-state index contributed by atoms with van der Waals surface area (Å²) in [5.41, 5.74) is 7.53. The van der Waals surface area contributed by atoms with Crippen molar-refractivity contribution in [1.82, 2.24) is 0 Å². The van der Waals surface area contributed by atoms with Gasteiger partial charge in [0.25, 0.3) is 0 Å². The minimum absolute atomic E-state index is 0.145. The second kappa shape index (κ2) is 4.67. The fraction of sp³-hybridized carbons (Fsp3) is 0.333. The molecule has 84 valence electrons. The average molecular weight is 213 g/mol. The summed E-state index contributed by atoms with van der Waals surface area (Å²) in [6, 6.07) is 15.0. The van der Waals surface area contributed by atoms with Gasteiger partial charge in [-0.15, -0.1) is 0 Å². The third kappa shape index (κ3) is 2.25. The Morgan fingerprint density at radius 2 is 1.69 bits per heavy atom. The molecule has 0 aliphatic carbocycles. The molecular formula is C15H19N. The molecule has 16 heavy (non-hydrogen) atoms. The maximum atomic E-state index is 6.26. The third-order valence-electron chi connectivity index (χ3n) is 2.95. The van der Waals surface area contributed by atoms with Crippen LogP contribution in [0.1, 0.15) is 31.9 Å². The van der Waals surface area contributed by atoms with Gasteiger partial charge in [0.15, 0.2) is 0 Å². The first-order chi connectivity index (χ1) is 7.68. The zero-order valence-corrected chi connectivity index (χ0v) is 9.98. The highest BCUT2D eigenvalue weighted by molar-refractivity contribution is 5.86. The van der Waals surface area contributed by atoms with Crippen molar-refractivity contribution < 1.29 is 0 Å². The van der Waals surface area contributed by atoms with Gasteiger partial charge in [-0.3, -0.25) is 0 Å². The van der Waals surface area contributed by atoms with Crippen LogP contribution in [0.2, 0.25) is 0 Å². The molecule has 1 nitrogen and oxygen atoms in total. The van der Waals surface area contributed by atoms with Crippen molar-refractivity contribution in [3.8, 4) is 0 Å². The molecule has 0 bridgehead atoms. The molecule has 0 fully saturated rings. The van der Waals surface area contributed by atoms with Crippen molar-refractivity contribution in [2.45, 2.75) is 26.3 Å². The summed E-state index contributed by atoms with van der Waals surface area (Å²) in [7, 11) is 0. The second-order valence-corrected chi connectivity index (χ2v) is 4.80. The molecule has 0 aromatic heterocycles. The lowest BCUT2D eigenvalue weighted by molar-refractivity contribution is 0.512. The van der Waals surface area contributed by atoms with Crippen LogP contribution in [0.5, 0.6) is 0 Å². The molecule has 0 spiro atoms. The Kier molecular flexibility index (Phi) is 3.25. The number of fused-ring (bicyclic) bond motifs is 1. The molecule has 1 unspecified atom stereocenters. The van der Waals surface area contributed by atoms with E-state index in [1.807, 2.05) is 0 Å². The fourth-order valence-electron chi connectivity index (χ4n) is 2.21. The molecule has 2 N–H and O–H groups in total. The van der Waals surface area contributed by atoms with Gasteiger partial charge in [-0.25, -0.2) is 0 Å². The first kappa shape index (κ1) is 11.2. The molecule has 2 aromatic carbocycles. The van der Waals surface area contributed by atoms with Gasteiger partial charge < -0.3 is 5.73 Å². The molecule has 0 aliphatic rings. The van der Waals surface area contributed by atoms with Crippen LogP contribution in [-0.4, -0.2) is 0 Å². The normalized spacial score (nSPS) is 13.2. The van der Waals surface area contributed by atoms with E-state index in [-0.39, 0.29) is 6.04 Å². The molecule has 0 heterocycles. The Balaban J connectivity index is 2.44. The van der Waals surface area contributed by atoms with Crippen LogP contribution in [0.15, 0.2) is 42.5 Å². The van der Waals surface area contributed by atoms with Crippen LogP contribution in [-0.2, 0) is 0 Å². The van der Waals surface area contributed by atoms with E-state index in [0.717, 1.165) is 6.42 Å². The molecule has 0 aliphatic heterocycles. The van der Waals surface area contributed by atoms with Crippen molar-refractivity contribution in [2.24, 2.45) is 11.7 Å². The van der Waals surface area contributed by atoms with Crippen LogP contribution in [0.3, 0.4) is 0 Å². The summed E-state index contributed by atoms with van der Waals surface area (Å²) in [5, 5.41) is 2.57. The lowest BCUT2D eigenvalue weighted by Crippen LogP contribution is -2.13. The van der Waals surface area contributed by atoms with Crippen LogP contribution in [0, 0.1) is 5.92 Å². The Bertz CT molecular complexity index is 468. The quantitative estimate of drug-likeness (QED) is 0.822. The number of hydrogen-bond donors (Lipinski definition) is 1. The van der Waals surface area contributed by atoms with E-state index in [9.17, 15) is 0 Å². The standard InChI is InChI=1S/C15H19N/c1-11(2)10-15(16)14-9-5-7-12-6-3-4-8-13(12)14/h3-9,11,15H,10,16H2,1-2H3. The molecule has 2 rings (SSSR count). The van der Waals surface area contributed by atoms with Gasteiger partial charge in [0.05, 0.1) is 0 Å². The molecule has 0 saturated carbocycles. The number of hydrogen-bond acceptors (Lipinski definition) is 1. The fourth-order valence-corrected chi connectivity index (χ4v) is 2.21. The van der Waals surface area contributed by atoms with E-state index in [1.54, 1.807) is 0 Å². The Hall–Kier alpha value is -1.34. The molecule has 0 amide bonds. The topological polar surface area (TPSA) is 26.0 Å². The highest BCUT2D eigenvalue weighted by Crippen LogP contribution is 2.26. The summed E-state index contributed by atoms with van der Waals surface area (Å²) in [4.78, 5) is 0. The van der Waals surface area contributed by atoms with Crippen LogP contribution in [0.25, 0.3) is 10.8 Å². The van der Waals surface area contributed by atoms with E-state index in [1.165, 1.54) is 16.3 Å². The summed E-state index contributed by atoms with van der Waals surface area (Å²) in [5.74, 6) is 0.633. The Morgan fingerprint density at radius 3 is 2.44 bits per heavy atom. The van der Waals surface area contributed by atoms with Crippen LogP contribution in [0.4, 0.5) is 0 Å². The second-order valence-electron chi connectivity index (χ2n) is 4.80. The monoisotopic (exact) mass is 213 g/mol. The van der Waals surface area contributed by atoms with Crippen LogP contribution < -0.4 is 5.73 Å². The van der Waals surface area contributed by atoms with Gasteiger partial charge in [-0.1, -0.05) is 56.3 Å². The van der Waals surface area contributed by atoms with Crippen molar-refractivity contribution in [3.63, 3.8) is 0 Å². The smallest absolute Gasteiger partial charge is 0.0303 e. The van der Waals surface area contributed by atoms with E-state index < -0.39 is 0 Å². The van der Waals surface area contributed by atoms with E-state index in [2.05, 4.69) is 56.3 Å². The van der Waals surface area contributed by atoms with Gasteiger partial charge >= 0.3 is 0 Å². The van der Waals surface area contributed by atoms with Gasteiger partial charge in [-0.05, 0) is 28.7 Å². The third-order valence-corrected chi connectivity index (χ3v) is 2.95. The zero-order chi connectivity index (χ0) is 11.5. The predicted molar refractivity (Wildman–Crippen MR) is 70.3 cm³/mol. The van der Waals surface area contributed by atoms with E-state index in [0.29, 0.717) is 5.92 Å². The van der Waals surface area contributed by atoms with E-state index in [4.69, 9.17) is 5.73 Å². The summed E-state index contributed by atoms with van der Waals surface area (Å²) in [6.07, 6.45) is 1.04. The molecular weight excluding hydrogens is 194 g/mol. The van der Waals surface area contributed by atoms with Crippen LogP contribution >= 0.6 is 0 Å². The summed E-state index contributed by atoms with van der Waals surface area (Å²) >= 11 is 0. The number of rotatable bonds is 3. The zero-order valence-electron chi connectivity index (χ0n) is 9.98. The largest absolute Gasteiger partial charge is 0.324 e. The average Bonchev–Trinajstić information content (AvgIpc) is 2.27. The molecule has 1 atom stereocenters. The minimum atomic E-state index is 0.145. The maximum Gasteiger partial charge on any atom is 0.0303 e. The minimum Gasteiger partial charge on any atom is -0.324 e. The van der Waals surface area contributed by atoms with Crippen molar-refractivity contribution in [2.75, 3.05) is 0 Å². The SMILES string of the molecule is CC(C)CC(N)c1cccc2ccccc12. The maximum absolute atomic E-state index is 6.26. The first-order valence-electron chi connectivity index (χ1n) is 5.91. The molecule has 2 aromatic rings. The van der Waals surface area contributed by atoms with Crippen molar-refractivity contribution >= 4 is 10.8 Å². The lowest BCUT2D eigenvalue weighted by Gasteiger charge is -2.16. The number of nitrogens with two attached hydrogens (primary N) is 1. The highest BCUT2D eigenvalue weighted by atomic mass is 14.6. The lowest BCUT2D eigenvalue weighted by atomic mass is 9.93. The van der Waals surface area contributed by atoms with E-state index >= 15 is 0 Å². The van der Waals surface area contributed by atoms with Gasteiger partial charge in [0.1, 0.15) is 0 Å². The molecule has 0 saturated heterocycles. The Morgan fingerprint density at radius 1 is 1.00 bits per heavy atom. The van der Waals surface area contributed by atoms with Gasteiger partial charge in [-0.2, -0.15) is 0 Å². The van der Waals surface area contributed by atoms with Gasteiger partial charge in [0.2, 0.25) is 0 Å². The molecule has 1 heteroatoms. The van der Waals surface area contributed by atoms with Crippen molar-refractivity contribution in [1.29, 1.82) is 0 Å². The van der Waals surface area contributed by atoms with Gasteiger partial charge in [0, 0.05) is 6.04 Å². The summed E-state index contributed by atoms with van der Waals surface area (Å²) < 4.78 is 0. The summed E-state index contributed by atoms with van der Waals surface area (Å²) in [6.45, 7) is 4.43. The highest BCUT2D eigenvalue weighted by Gasteiger charge is 2.10. The predicted octanol–water partition coefficient (Wildman–Crippen LogP) is 3.89. The molecule has 0 radical (unpaired) electrons. The van der Waals surface area contributed by atoms with Crippen molar-refractivity contribution in [3.05, 3.63) is 48.0 Å². The first-order valence-corrected chi connectivity index (χ1v) is 5.91.